The Labute approximate surface area is 79.6 Å². The van der Waals surface area contributed by atoms with Crippen LogP contribution in [0.2, 0.25) is 0 Å². The number of nitrogens with zero attached hydrogens (tertiary/aromatic N) is 1. The van der Waals surface area contributed by atoms with E-state index in [1.165, 1.54) is 4.90 Å². The van der Waals surface area contributed by atoms with Gasteiger partial charge in [-0.05, 0) is 19.0 Å². The lowest BCUT2D eigenvalue weighted by atomic mass is 10.2. The Hall–Kier alpha value is -1.35. The van der Waals surface area contributed by atoms with Crippen LogP contribution < -0.4 is 10.6 Å². The maximum absolute atomic E-state index is 11.3. The molecule has 0 aliphatic carbocycles. The van der Waals surface area contributed by atoms with Crippen LogP contribution in [0.4, 0.5) is 5.69 Å². The fraction of sp³-hybridized carbons (Fsp3) is 0.300. The molecule has 13 heavy (non-hydrogen) atoms. The van der Waals surface area contributed by atoms with E-state index in [1.807, 2.05) is 13.0 Å². The van der Waals surface area contributed by atoms with Crippen molar-refractivity contribution >= 4 is 11.6 Å². The molecule has 0 atom stereocenters. The number of likely N-dealkylation sites (N-methyl/N-ethyl adjacent to an activating group) is 1. The first-order valence-corrected chi connectivity index (χ1v) is 4.10. The van der Waals surface area contributed by atoms with Gasteiger partial charge in [0, 0.05) is 12.7 Å². The predicted molar refractivity (Wildman–Crippen MR) is 53.6 cm³/mol. The lowest BCUT2D eigenvalue weighted by Gasteiger charge is -2.16. The molecule has 3 nitrogen and oxygen atoms in total. The molecule has 1 rings (SSSR count). The number of anilines is 1. The van der Waals surface area contributed by atoms with Crippen molar-refractivity contribution in [3.63, 3.8) is 0 Å². The number of nitrogens with two attached hydrogens (primary N) is 1. The van der Waals surface area contributed by atoms with Crippen LogP contribution in [0, 0.1) is 6.92 Å². The Morgan fingerprint density at radius 1 is 1.62 bits per heavy atom. The van der Waals surface area contributed by atoms with Gasteiger partial charge in [-0.15, -0.1) is 0 Å². The van der Waals surface area contributed by atoms with Crippen molar-refractivity contribution in [3.8, 4) is 0 Å². The molecule has 70 valence electrons. The predicted octanol–water partition coefficient (Wildman–Crippen LogP) is 0.917. The van der Waals surface area contributed by atoms with E-state index in [4.69, 9.17) is 7.10 Å². The minimum absolute atomic E-state index is 0.0379. The molecule has 2 N–H and O–H groups in total. The minimum Gasteiger partial charge on any atom is -0.322 e. The minimum atomic E-state index is -0.192. The highest BCUT2D eigenvalue weighted by atomic mass is 16.2. The van der Waals surface area contributed by atoms with Gasteiger partial charge in [-0.1, -0.05) is 17.7 Å². The van der Waals surface area contributed by atoms with Crippen molar-refractivity contribution in [2.45, 2.75) is 6.92 Å². The molecule has 0 aromatic heterocycles. The highest BCUT2D eigenvalue weighted by Crippen LogP contribution is 2.12. The van der Waals surface area contributed by atoms with E-state index in [1.54, 1.807) is 19.2 Å². The van der Waals surface area contributed by atoms with Gasteiger partial charge in [-0.2, -0.15) is 0 Å². The van der Waals surface area contributed by atoms with Crippen molar-refractivity contribution in [1.82, 2.24) is 0 Å². The van der Waals surface area contributed by atoms with E-state index < -0.39 is 0 Å². The standard InChI is InChI=1S/C10H14N2O/c1-8-3-5-9(6-4-8)12(2)10(13)7-11/h3-6H,7,11H2,1-2H3/i5D. The van der Waals surface area contributed by atoms with Crippen LogP contribution in [0.3, 0.4) is 0 Å². The van der Waals surface area contributed by atoms with E-state index in [0.717, 1.165) is 5.56 Å². The van der Waals surface area contributed by atoms with Gasteiger partial charge >= 0.3 is 0 Å². The number of aryl methyl sites for hydroxylation is 1. The highest BCUT2D eigenvalue weighted by Gasteiger charge is 2.07. The van der Waals surface area contributed by atoms with Gasteiger partial charge in [0.1, 0.15) is 0 Å². The zero-order valence-electron chi connectivity index (χ0n) is 8.87. The highest BCUT2D eigenvalue weighted by molar-refractivity contribution is 5.94. The molecule has 0 aliphatic heterocycles. The van der Waals surface area contributed by atoms with Crippen molar-refractivity contribution in [2.75, 3.05) is 18.5 Å². The summed E-state index contributed by atoms with van der Waals surface area (Å²) in [5, 5.41) is 0. The van der Waals surface area contributed by atoms with Crippen LogP contribution in [0.25, 0.3) is 0 Å². The van der Waals surface area contributed by atoms with Gasteiger partial charge in [0.15, 0.2) is 0 Å². The molecule has 0 saturated heterocycles. The second-order valence-electron chi connectivity index (χ2n) is 2.91. The molecule has 1 aromatic carbocycles. The van der Waals surface area contributed by atoms with Crippen LogP contribution in [0.1, 0.15) is 6.93 Å². The summed E-state index contributed by atoms with van der Waals surface area (Å²) in [5.74, 6) is -0.192. The van der Waals surface area contributed by atoms with E-state index >= 15 is 0 Å². The summed E-state index contributed by atoms with van der Waals surface area (Å²) < 4.78 is 7.68. The van der Waals surface area contributed by atoms with Crippen LogP contribution in [-0.2, 0) is 4.79 Å². The van der Waals surface area contributed by atoms with Gasteiger partial charge in [0.2, 0.25) is 5.91 Å². The normalized spacial score (nSPS) is 10.8. The molecular formula is C10H14N2O. The summed E-state index contributed by atoms with van der Waals surface area (Å²) in [5.41, 5.74) is 6.83. The summed E-state index contributed by atoms with van der Waals surface area (Å²) >= 11 is 0. The SMILES string of the molecule is [2H]c1cc(C)ccc1N(C)C(=O)CN. The van der Waals surface area contributed by atoms with Gasteiger partial charge in [0.25, 0.3) is 0 Å². The quantitative estimate of drug-likeness (QED) is 0.733. The second kappa shape index (κ2) is 4.05. The maximum Gasteiger partial charge on any atom is 0.240 e. The van der Waals surface area contributed by atoms with Crippen LogP contribution >= 0.6 is 0 Å². The fourth-order valence-corrected chi connectivity index (χ4v) is 0.974. The Bertz CT molecular complexity index is 352. The Balaban J connectivity index is 3.01. The third-order valence-electron chi connectivity index (χ3n) is 1.86. The molecule has 0 saturated carbocycles. The molecule has 0 radical (unpaired) electrons. The molecular weight excluding hydrogens is 164 g/mol. The van der Waals surface area contributed by atoms with Gasteiger partial charge in [0.05, 0.1) is 7.92 Å². The van der Waals surface area contributed by atoms with Gasteiger partial charge < -0.3 is 10.6 Å². The van der Waals surface area contributed by atoms with Crippen LogP contribution in [0.5, 0.6) is 0 Å². The number of hydrogen-bond acceptors (Lipinski definition) is 2. The third kappa shape index (κ3) is 2.29. The van der Waals surface area contributed by atoms with E-state index in [-0.39, 0.29) is 12.5 Å². The monoisotopic (exact) mass is 179 g/mol. The van der Waals surface area contributed by atoms with Gasteiger partial charge in [-0.3, -0.25) is 4.79 Å². The van der Waals surface area contributed by atoms with Crippen LogP contribution in [-0.4, -0.2) is 19.5 Å². The number of carbonyl (C=O) groups excluding carboxylic acids is 1. The van der Waals surface area contributed by atoms with E-state index in [9.17, 15) is 4.79 Å². The molecule has 0 bridgehead atoms. The van der Waals surface area contributed by atoms with Crippen molar-refractivity contribution < 1.29 is 6.17 Å². The number of amides is 1. The summed E-state index contributed by atoms with van der Waals surface area (Å²) in [6.45, 7) is 1.87. The van der Waals surface area contributed by atoms with Crippen molar-refractivity contribution in [2.24, 2.45) is 5.73 Å². The van der Waals surface area contributed by atoms with Crippen LogP contribution in [0.15, 0.2) is 24.2 Å². The number of hydrogen-bond donors (Lipinski definition) is 1. The van der Waals surface area contributed by atoms with Crippen molar-refractivity contribution in [3.05, 3.63) is 29.8 Å². The summed E-state index contributed by atoms with van der Waals surface area (Å²) in [4.78, 5) is 12.7. The molecule has 0 heterocycles. The fourth-order valence-electron chi connectivity index (χ4n) is 0.974. The third-order valence-corrected chi connectivity index (χ3v) is 1.86. The summed E-state index contributed by atoms with van der Waals surface area (Å²) in [6.07, 6.45) is 0. The summed E-state index contributed by atoms with van der Waals surface area (Å²) in [6, 6.07) is 5.68. The molecule has 0 fully saturated rings. The molecule has 0 aliphatic rings. The maximum atomic E-state index is 11.3. The smallest absolute Gasteiger partial charge is 0.240 e. The number of benzene rings is 1. The lowest BCUT2D eigenvalue weighted by Crippen LogP contribution is -2.32. The first-order chi connectivity index (χ1) is 6.56. The van der Waals surface area contributed by atoms with E-state index in [2.05, 4.69) is 0 Å². The average molecular weight is 179 g/mol. The molecule has 1 aromatic rings. The first-order valence-electron chi connectivity index (χ1n) is 4.60. The molecule has 0 spiro atoms. The Kier molecular flexibility index (Phi) is 2.57. The summed E-state index contributed by atoms with van der Waals surface area (Å²) in [7, 11) is 1.62. The topological polar surface area (TPSA) is 46.3 Å². The zero-order chi connectivity index (χ0) is 10.7. The first kappa shape index (κ1) is 8.26. The number of carbonyl (C=O) groups is 1. The Morgan fingerprint density at radius 2 is 2.31 bits per heavy atom. The molecule has 1 amide bonds. The second-order valence-corrected chi connectivity index (χ2v) is 2.91. The molecule has 0 unspecified atom stereocenters. The average Bonchev–Trinajstić information content (AvgIpc) is 2.15. The van der Waals surface area contributed by atoms with Crippen molar-refractivity contribution in [1.29, 1.82) is 0 Å². The lowest BCUT2D eigenvalue weighted by molar-refractivity contribution is -0.117. The number of rotatable bonds is 2. The largest absolute Gasteiger partial charge is 0.322 e. The zero-order valence-corrected chi connectivity index (χ0v) is 7.87. The van der Waals surface area contributed by atoms with Gasteiger partial charge in [-0.25, -0.2) is 0 Å². The van der Waals surface area contributed by atoms with E-state index in [0.29, 0.717) is 11.7 Å². The Morgan fingerprint density at radius 3 is 2.85 bits per heavy atom. The molecule has 3 heteroatoms.